The second-order valence-electron chi connectivity index (χ2n) is 5.69. The number of benzene rings is 1. The summed E-state index contributed by atoms with van der Waals surface area (Å²) in [7, 11) is 1.94. The summed E-state index contributed by atoms with van der Waals surface area (Å²) in [5.74, 6) is -0.128. The van der Waals surface area contributed by atoms with Crippen molar-refractivity contribution >= 4 is 17.5 Å². The van der Waals surface area contributed by atoms with Crippen molar-refractivity contribution in [2.45, 2.75) is 46.2 Å². The summed E-state index contributed by atoms with van der Waals surface area (Å²) >= 11 is 0. The van der Waals surface area contributed by atoms with Gasteiger partial charge in [0.05, 0.1) is 6.04 Å². The number of likely N-dealkylation sites (N-methyl/N-ethyl adjacent to an activating group) is 1. The molecule has 0 fully saturated rings. The van der Waals surface area contributed by atoms with E-state index in [4.69, 9.17) is 0 Å². The SMILES string of the molecule is CCC(C(=O)Nc1ccc(C(=O)NC(C)C)cc1)N(C)CC. The number of amides is 2. The molecule has 0 radical (unpaired) electrons. The smallest absolute Gasteiger partial charge is 0.251 e. The summed E-state index contributed by atoms with van der Waals surface area (Å²) in [6.07, 6.45) is 0.755. The molecule has 1 atom stereocenters. The molecule has 0 heterocycles. The Balaban J connectivity index is 2.71. The maximum absolute atomic E-state index is 12.3. The highest BCUT2D eigenvalue weighted by Crippen LogP contribution is 2.12. The molecule has 0 spiro atoms. The number of nitrogens with one attached hydrogen (secondary N) is 2. The fourth-order valence-electron chi connectivity index (χ4n) is 2.19. The molecule has 2 amide bonds. The zero-order valence-electron chi connectivity index (χ0n) is 14.1. The first-order valence-corrected chi connectivity index (χ1v) is 7.81. The van der Waals surface area contributed by atoms with Gasteiger partial charge in [0.25, 0.3) is 5.91 Å². The molecule has 0 aliphatic rings. The molecule has 1 rings (SSSR count). The highest BCUT2D eigenvalue weighted by molar-refractivity contribution is 5.97. The first kappa shape index (κ1) is 18.2. The summed E-state index contributed by atoms with van der Waals surface area (Å²) in [6, 6.07) is 6.91. The topological polar surface area (TPSA) is 61.4 Å². The van der Waals surface area contributed by atoms with Gasteiger partial charge in [-0.2, -0.15) is 0 Å². The second-order valence-corrected chi connectivity index (χ2v) is 5.69. The van der Waals surface area contributed by atoms with Gasteiger partial charge in [-0.05, 0) is 58.1 Å². The van der Waals surface area contributed by atoms with Crippen molar-refractivity contribution in [3.63, 3.8) is 0 Å². The van der Waals surface area contributed by atoms with Gasteiger partial charge >= 0.3 is 0 Å². The van der Waals surface area contributed by atoms with Crippen molar-refractivity contribution in [1.82, 2.24) is 10.2 Å². The molecule has 0 bridgehead atoms. The minimum Gasteiger partial charge on any atom is -0.350 e. The fraction of sp³-hybridized carbons (Fsp3) is 0.529. The molecule has 0 saturated heterocycles. The largest absolute Gasteiger partial charge is 0.350 e. The van der Waals surface area contributed by atoms with E-state index in [1.165, 1.54) is 0 Å². The Hall–Kier alpha value is -1.88. The molecular formula is C17H27N3O2. The van der Waals surface area contributed by atoms with Crippen LogP contribution >= 0.6 is 0 Å². The van der Waals surface area contributed by atoms with Crippen molar-refractivity contribution in [1.29, 1.82) is 0 Å². The van der Waals surface area contributed by atoms with E-state index >= 15 is 0 Å². The lowest BCUT2D eigenvalue weighted by atomic mass is 10.1. The van der Waals surface area contributed by atoms with Gasteiger partial charge in [0.2, 0.25) is 5.91 Å². The lowest BCUT2D eigenvalue weighted by Crippen LogP contribution is -2.41. The maximum atomic E-state index is 12.3. The summed E-state index contributed by atoms with van der Waals surface area (Å²) in [5.41, 5.74) is 1.29. The Labute approximate surface area is 133 Å². The van der Waals surface area contributed by atoms with E-state index in [0.717, 1.165) is 13.0 Å². The predicted octanol–water partition coefficient (Wildman–Crippen LogP) is 2.49. The van der Waals surface area contributed by atoms with Crippen LogP contribution < -0.4 is 10.6 Å². The van der Waals surface area contributed by atoms with Crippen LogP contribution in [0.4, 0.5) is 5.69 Å². The van der Waals surface area contributed by atoms with Crippen LogP contribution in [-0.4, -0.2) is 42.4 Å². The van der Waals surface area contributed by atoms with Crippen molar-refractivity contribution in [3.8, 4) is 0 Å². The quantitative estimate of drug-likeness (QED) is 0.813. The lowest BCUT2D eigenvalue weighted by Gasteiger charge is -2.24. The normalized spacial score (nSPS) is 12.3. The van der Waals surface area contributed by atoms with E-state index in [1.54, 1.807) is 24.3 Å². The number of rotatable bonds is 7. The Morgan fingerprint density at radius 1 is 1.14 bits per heavy atom. The summed E-state index contributed by atoms with van der Waals surface area (Å²) in [6.45, 7) is 8.68. The van der Waals surface area contributed by atoms with Crippen LogP contribution in [0.3, 0.4) is 0 Å². The summed E-state index contributed by atoms with van der Waals surface area (Å²) < 4.78 is 0. The zero-order chi connectivity index (χ0) is 16.7. The van der Waals surface area contributed by atoms with Crippen molar-refractivity contribution in [3.05, 3.63) is 29.8 Å². The molecule has 5 nitrogen and oxygen atoms in total. The molecule has 5 heteroatoms. The van der Waals surface area contributed by atoms with Crippen LogP contribution in [-0.2, 0) is 4.79 Å². The van der Waals surface area contributed by atoms with Crippen LogP contribution in [0.25, 0.3) is 0 Å². The Bertz CT molecular complexity index is 497. The van der Waals surface area contributed by atoms with Crippen molar-refractivity contribution in [2.24, 2.45) is 0 Å². The molecule has 0 aliphatic heterocycles. The number of hydrogen-bond acceptors (Lipinski definition) is 3. The number of hydrogen-bond donors (Lipinski definition) is 2. The van der Waals surface area contributed by atoms with Gasteiger partial charge in [0, 0.05) is 17.3 Å². The molecule has 22 heavy (non-hydrogen) atoms. The molecule has 1 aromatic rings. The van der Waals surface area contributed by atoms with E-state index in [2.05, 4.69) is 10.6 Å². The molecule has 122 valence electrons. The second kappa shape index (κ2) is 8.54. The third-order valence-electron chi connectivity index (χ3n) is 3.55. The molecule has 1 aromatic carbocycles. The average molecular weight is 305 g/mol. The first-order chi connectivity index (χ1) is 10.4. The van der Waals surface area contributed by atoms with Gasteiger partial charge < -0.3 is 10.6 Å². The third kappa shape index (κ3) is 5.15. The van der Waals surface area contributed by atoms with E-state index in [9.17, 15) is 9.59 Å². The molecule has 0 saturated carbocycles. The van der Waals surface area contributed by atoms with Gasteiger partial charge in [0.15, 0.2) is 0 Å². The monoisotopic (exact) mass is 305 g/mol. The molecule has 1 unspecified atom stereocenters. The lowest BCUT2D eigenvalue weighted by molar-refractivity contribution is -0.120. The maximum Gasteiger partial charge on any atom is 0.251 e. The first-order valence-electron chi connectivity index (χ1n) is 7.81. The standard InChI is InChI=1S/C17H27N3O2/c1-6-15(20(5)7-2)17(22)19-14-10-8-13(9-11-14)16(21)18-12(3)4/h8-12,15H,6-7H2,1-5H3,(H,18,21)(H,19,22). The Kier molecular flexibility index (Phi) is 7.05. The van der Waals surface area contributed by atoms with Gasteiger partial charge in [-0.1, -0.05) is 13.8 Å². The van der Waals surface area contributed by atoms with E-state index in [-0.39, 0.29) is 23.9 Å². The zero-order valence-corrected chi connectivity index (χ0v) is 14.1. The Morgan fingerprint density at radius 3 is 2.18 bits per heavy atom. The van der Waals surface area contributed by atoms with Crippen LogP contribution in [0.15, 0.2) is 24.3 Å². The Morgan fingerprint density at radius 2 is 1.73 bits per heavy atom. The van der Waals surface area contributed by atoms with Crippen molar-refractivity contribution in [2.75, 3.05) is 18.9 Å². The van der Waals surface area contributed by atoms with Crippen LogP contribution in [0.1, 0.15) is 44.5 Å². The van der Waals surface area contributed by atoms with E-state index in [0.29, 0.717) is 11.3 Å². The molecule has 0 aliphatic carbocycles. The van der Waals surface area contributed by atoms with E-state index < -0.39 is 0 Å². The predicted molar refractivity (Wildman–Crippen MR) is 90.1 cm³/mol. The summed E-state index contributed by atoms with van der Waals surface area (Å²) in [5, 5.41) is 5.74. The highest BCUT2D eigenvalue weighted by atomic mass is 16.2. The highest BCUT2D eigenvalue weighted by Gasteiger charge is 2.20. The fourth-order valence-corrected chi connectivity index (χ4v) is 2.19. The number of carbonyl (C=O) groups excluding carboxylic acids is 2. The van der Waals surface area contributed by atoms with Crippen LogP contribution in [0.5, 0.6) is 0 Å². The van der Waals surface area contributed by atoms with Crippen LogP contribution in [0, 0.1) is 0 Å². The van der Waals surface area contributed by atoms with Crippen LogP contribution in [0.2, 0.25) is 0 Å². The van der Waals surface area contributed by atoms with Gasteiger partial charge in [-0.25, -0.2) is 0 Å². The van der Waals surface area contributed by atoms with Gasteiger partial charge in [0.1, 0.15) is 0 Å². The summed E-state index contributed by atoms with van der Waals surface area (Å²) in [4.78, 5) is 26.2. The molecule has 2 N–H and O–H groups in total. The van der Waals surface area contributed by atoms with Gasteiger partial charge in [-0.3, -0.25) is 14.5 Å². The molecule has 0 aromatic heterocycles. The van der Waals surface area contributed by atoms with Crippen molar-refractivity contribution < 1.29 is 9.59 Å². The number of carbonyl (C=O) groups is 2. The average Bonchev–Trinajstić information content (AvgIpc) is 2.47. The van der Waals surface area contributed by atoms with E-state index in [1.807, 2.05) is 39.6 Å². The van der Waals surface area contributed by atoms with Gasteiger partial charge in [-0.15, -0.1) is 0 Å². The molecular weight excluding hydrogens is 278 g/mol. The minimum atomic E-state index is -0.145. The minimum absolute atomic E-state index is 0.0220. The third-order valence-corrected chi connectivity index (χ3v) is 3.55. The number of nitrogens with zero attached hydrogens (tertiary/aromatic N) is 1. The number of anilines is 1.